The van der Waals surface area contributed by atoms with Gasteiger partial charge in [-0.3, -0.25) is 14.4 Å². The Balaban J connectivity index is 2.31. The minimum absolute atomic E-state index is 0.275. The molecule has 0 bridgehead atoms. The summed E-state index contributed by atoms with van der Waals surface area (Å²) in [5.41, 5.74) is 1.16. The van der Waals surface area contributed by atoms with Gasteiger partial charge in [-0.15, -0.1) is 10.2 Å². The van der Waals surface area contributed by atoms with Gasteiger partial charge in [0.15, 0.2) is 4.34 Å². The van der Waals surface area contributed by atoms with Gasteiger partial charge < -0.3 is 0 Å². The highest BCUT2D eigenvalue weighted by Crippen LogP contribution is 2.30. The van der Waals surface area contributed by atoms with Crippen molar-refractivity contribution in [3.63, 3.8) is 0 Å². The predicted octanol–water partition coefficient (Wildman–Crippen LogP) is 4.18. The summed E-state index contributed by atoms with van der Waals surface area (Å²) in [5, 5.41) is 11.8. The Kier molecular flexibility index (Phi) is 7.72. The summed E-state index contributed by atoms with van der Waals surface area (Å²) in [6.07, 6.45) is 1.34. The van der Waals surface area contributed by atoms with E-state index in [0.717, 1.165) is 20.5 Å². The van der Waals surface area contributed by atoms with E-state index >= 15 is 0 Å². The molecule has 2 aromatic rings. The zero-order valence-corrected chi connectivity index (χ0v) is 19.5. The number of nitrogens with one attached hydrogen (secondary N) is 1. The standard InChI is InChI=1S/C17H23ClN4O3S3/c1-6-14(15(23)19-16-20-21-17(27-16)26-10(2)3)22(28(5,24)25)12-8-7-11(4)13(18)9-12/h7-10,14H,6H2,1-5H3,(H,19,20,23)/t14-/m0/s1. The van der Waals surface area contributed by atoms with Crippen LogP contribution in [-0.2, 0) is 14.8 Å². The number of rotatable bonds is 8. The average molecular weight is 463 g/mol. The van der Waals surface area contributed by atoms with Gasteiger partial charge in [-0.1, -0.05) is 61.5 Å². The van der Waals surface area contributed by atoms with Crippen molar-refractivity contribution in [1.82, 2.24) is 10.2 Å². The molecule has 0 saturated heterocycles. The molecule has 1 aromatic carbocycles. The molecule has 2 rings (SSSR count). The lowest BCUT2D eigenvalue weighted by Crippen LogP contribution is -2.47. The number of thioether (sulfide) groups is 1. The van der Waals surface area contributed by atoms with Crippen molar-refractivity contribution in [2.24, 2.45) is 0 Å². The predicted molar refractivity (Wildman–Crippen MR) is 117 cm³/mol. The van der Waals surface area contributed by atoms with Crippen molar-refractivity contribution in [2.75, 3.05) is 15.9 Å². The summed E-state index contributed by atoms with van der Waals surface area (Å²) in [6.45, 7) is 7.64. The fourth-order valence-electron chi connectivity index (χ4n) is 2.48. The molecule has 7 nitrogen and oxygen atoms in total. The zero-order chi connectivity index (χ0) is 21.1. The van der Waals surface area contributed by atoms with Gasteiger partial charge in [0.1, 0.15) is 6.04 Å². The smallest absolute Gasteiger partial charge is 0.250 e. The van der Waals surface area contributed by atoms with Crippen molar-refractivity contribution in [1.29, 1.82) is 0 Å². The third kappa shape index (κ3) is 5.82. The molecule has 0 saturated carbocycles. The Labute approximate surface area is 178 Å². The number of amides is 1. The Morgan fingerprint density at radius 2 is 2.04 bits per heavy atom. The number of aryl methyl sites for hydroxylation is 1. The van der Waals surface area contributed by atoms with Crippen LogP contribution in [0.5, 0.6) is 0 Å². The number of sulfonamides is 1. The number of hydrogen-bond donors (Lipinski definition) is 1. The summed E-state index contributed by atoms with van der Waals surface area (Å²) in [7, 11) is -3.73. The van der Waals surface area contributed by atoms with Crippen LogP contribution >= 0.6 is 34.7 Å². The highest BCUT2D eigenvalue weighted by Gasteiger charge is 2.32. The number of nitrogens with zero attached hydrogens (tertiary/aromatic N) is 3. The van der Waals surface area contributed by atoms with Crippen LogP contribution in [0.1, 0.15) is 32.8 Å². The molecule has 1 atom stereocenters. The number of hydrogen-bond acceptors (Lipinski definition) is 7. The van der Waals surface area contributed by atoms with Crippen molar-refractivity contribution in [3.8, 4) is 0 Å². The molecule has 0 unspecified atom stereocenters. The Hall–Kier alpha value is -1.36. The molecule has 0 fully saturated rings. The molecule has 0 radical (unpaired) electrons. The van der Waals surface area contributed by atoms with E-state index in [2.05, 4.69) is 15.5 Å². The Bertz CT molecular complexity index is 947. The third-order valence-electron chi connectivity index (χ3n) is 3.71. The first kappa shape index (κ1) is 22.9. The van der Waals surface area contributed by atoms with Crippen molar-refractivity contribution in [3.05, 3.63) is 28.8 Å². The topological polar surface area (TPSA) is 92.3 Å². The second-order valence-electron chi connectivity index (χ2n) is 6.45. The SMILES string of the molecule is CC[C@@H](C(=O)Nc1nnc(SC(C)C)s1)N(c1ccc(C)c(Cl)c1)S(C)(=O)=O. The highest BCUT2D eigenvalue weighted by molar-refractivity contribution is 8.01. The monoisotopic (exact) mass is 462 g/mol. The molecule has 28 heavy (non-hydrogen) atoms. The van der Waals surface area contributed by atoms with Crippen LogP contribution in [0, 0.1) is 6.92 Å². The molecule has 0 spiro atoms. The van der Waals surface area contributed by atoms with Crippen LogP contribution in [0.3, 0.4) is 0 Å². The Morgan fingerprint density at radius 1 is 1.36 bits per heavy atom. The first-order valence-electron chi connectivity index (χ1n) is 8.59. The number of anilines is 2. The molecule has 154 valence electrons. The maximum absolute atomic E-state index is 12.9. The molecule has 0 aliphatic carbocycles. The average Bonchev–Trinajstić information content (AvgIpc) is 3.00. The summed E-state index contributed by atoms with van der Waals surface area (Å²) in [5.74, 6) is -0.470. The van der Waals surface area contributed by atoms with Gasteiger partial charge in [0.25, 0.3) is 0 Å². The lowest BCUT2D eigenvalue weighted by Gasteiger charge is -2.30. The van der Waals surface area contributed by atoms with Crippen molar-refractivity contribution >= 4 is 61.4 Å². The molecule has 11 heteroatoms. The number of halogens is 1. The van der Waals surface area contributed by atoms with Crippen LogP contribution < -0.4 is 9.62 Å². The Morgan fingerprint density at radius 3 is 2.57 bits per heavy atom. The van der Waals surface area contributed by atoms with E-state index in [-0.39, 0.29) is 6.42 Å². The molecule has 1 heterocycles. The van der Waals surface area contributed by atoms with Gasteiger partial charge in [-0.05, 0) is 31.0 Å². The van der Waals surface area contributed by atoms with Crippen LogP contribution in [0.2, 0.25) is 5.02 Å². The highest BCUT2D eigenvalue weighted by atomic mass is 35.5. The summed E-state index contributed by atoms with van der Waals surface area (Å²) in [6, 6.07) is 3.97. The lowest BCUT2D eigenvalue weighted by molar-refractivity contribution is -0.117. The van der Waals surface area contributed by atoms with E-state index in [4.69, 9.17) is 11.6 Å². The molecular formula is C17H23ClN4O3S3. The zero-order valence-electron chi connectivity index (χ0n) is 16.3. The van der Waals surface area contributed by atoms with Crippen LogP contribution in [-0.4, -0.2) is 42.1 Å². The lowest BCUT2D eigenvalue weighted by atomic mass is 10.1. The van der Waals surface area contributed by atoms with Gasteiger partial charge in [0.2, 0.25) is 21.1 Å². The second kappa shape index (κ2) is 9.43. The van der Waals surface area contributed by atoms with Gasteiger partial charge in [-0.2, -0.15) is 0 Å². The van der Waals surface area contributed by atoms with Crippen molar-refractivity contribution < 1.29 is 13.2 Å². The maximum atomic E-state index is 12.9. The fourth-order valence-corrected chi connectivity index (χ4v) is 5.83. The van der Waals surface area contributed by atoms with Gasteiger partial charge >= 0.3 is 0 Å². The number of carbonyl (C=O) groups is 1. The quantitative estimate of drug-likeness (QED) is 0.467. The minimum Gasteiger partial charge on any atom is -0.299 e. The normalized spacial score (nSPS) is 12.8. The van der Waals surface area contributed by atoms with Gasteiger partial charge in [0.05, 0.1) is 11.9 Å². The second-order valence-corrected chi connectivity index (χ2v) is 11.5. The largest absolute Gasteiger partial charge is 0.299 e. The van der Waals surface area contributed by atoms with E-state index < -0.39 is 22.0 Å². The van der Waals surface area contributed by atoms with Gasteiger partial charge in [0, 0.05) is 10.3 Å². The maximum Gasteiger partial charge on any atom is 0.250 e. The van der Waals surface area contributed by atoms with E-state index in [9.17, 15) is 13.2 Å². The van der Waals surface area contributed by atoms with Crippen molar-refractivity contribution in [2.45, 2.75) is 49.7 Å². The summed E-state index contributed by atoms with van der Waals surface area (Å²) < 4.78 is 26.8. The van der Waals surface area contributed by atoms with E-state index in [1.54, 1.807) is 36.9 Å². The number of benzene rings is 1. The number of carbonyl (C=O) groups excluding carboxylic acids is 1. The fraction of sp³-hybridized carbons (Fsp3) is 0.471. The summed E-state index contributed by atoms with van der Waals surface area (Å²) >= 11 is 8.97. The molecule has 1 aromatic heterocycles. The minimum atomic E-state index is -3.73. The molecule has 1 N–H and O–H groups in total. The van der Waals surface area contributed by atoms with E-state index in [0.29, 0.717) is 21.1 Å². The molecule has 0 aliphatic rings. The molecule has 0 aliphatic heterocycles. The molecular weight excluding hydrogens is 440 g/mol. The first-order chi connectivity index (χ1) is 13.0. The van der Waals surface area contributed by atoms with E-state index in [1.165, 1.54) is 11.3 Å². The first-order valence-corrected chi connectivity index (χ1v) is 12.5. The van der Waals surface area contributed by atoms with E-state index in [1.807, 2.05) is 20.8 Å². The number of aromatic nitrogens is 2. The van der Waals surface area contributed by atoms with Crippen LogP contribution in [0.15, 0.2) is 22.5 Å². The van der Waals surface area contributed by atoms with Crippen LogP contribution in [0.25, 0.3) is 0 Å². The van der Waals surface area contributed by atoms with Gasteiger partial charge in [-0.25, -0.2) is 8.42 Å². The summed E-state index contributed by atoms with van der Waals surface area (Å²) in [4.78, 5) is 12.9. The van der Waals surface area contributed by atoms with Crippen LogP contribution in [0.4, 0.5) is 10.8 Å². The molecule has 1 amide bonds. The third-order valence-corrected chi connectivity index (χ3v) is 7.23.